The average Bonchev–Trinajstić information content (AvgIpc) is 3.04. The number of benzene rings is 1. The van der Waals surface area contributed by atoms with E-state index in [0.29, 0.717) is 31.9 Å². The van der Waals surface area contributed by atoms with Gasteiger partial charge in [0.1, 0.15) is 5.75 Å². The molecule has 1 fully saturated rings. The van der Waals surface area contributed by atoms with Crippen molar-refractivity contribution in [1.29, 1.82) is 0 Å². The summed E-state index contributed by atoms with van der Waals surface area (Å²) in [5.74, 6) is -0.111. The zero-order valence-corrected chi connectivity index (χ0v) is 13.7. The van der Waals surface area contributed by atoms with Gasteiger partial charge < -0.3 is 25.3 Å². The summed E-state index contributed by atoms with van der Waals surface area (Å²) in [6, 6.07) is 5.24. The van der Waals surface area contributed by atoms with Gasteiger partial charge in [0, 0.05) is 25.4 Å². The summed E-state index contributed by atoms with van der Waals surface area (Å²) in [5, 5.41) is 2.80. The van der Waals surface area contributed by atoms with Crippen molar-refractivity contribution in [2.24, 2.45) is 10.7 Å². The molecule has 1 aromatic carbocycles. The summed E-state index contributed by atoms with van der Waals surface area (Å²) in [5.41, 5.74) is 6.25. The molecule has 0 amide bonds. The minimum absolute atomic E-state index is 0.184. The van der Waals surface area contributed by atoms with E-state index in [1.807, 2.05) is 0 Å². The number of hydrogen-bond acceptors (Lipinski definition) is 4. The first-order valence-electron chi connectivity index (χ1n) is 8.04. The summed E-state index contributed by atoms with van der Waals surface area (Å²) in [6.07, 6.45) is -1.65. The highest BCUT2D eigenvalue weighted by Gasteiger charge is 2.30. The maximum absolute atomic E-state index is 12.1. The highest BCUT2D eigenvalue weighted by Crippen LogP contribution is 2.23. The van der Waals surface area contributed by atoms with Crippen molar-refractivity contribution in [3.63, 3.8) is 0 Å². The summed E-state index contributed by atoms with van der Waals surface area (Å²) in [4.78, 5) is 4.13. The molecule has 1 heterocycles. The Morgan fingerprint density at radius 3 is 2.72 bits per heavy atom. The van der Waals surface area contributed by atoms with Gasteiger partial charge in [0.25, 0.3) is 0 Å². The van der Waals surface area contributed by atoms with Gasteiger partial charge >= 0.3 is 6.36 Å². The number of guanidine groups is 1. The lowest BCUT2D eigenvalue weighted by Gasteiger charge is -2.10. The predicted molar refractivity (Wildman–Crippen MR) is 87.6 cm³/mol. The van der Waals surface area contributed by atoms with Gasteiger partial charge in [-0.25, -0.2) is 0 Å². The highest BCUT2D eigenvalue weighted by atomic mass is 19.4. The zero-order chi connectivity index (χ0) is 18.1. The van der Waals surface area contributed by atoms with Gasteiger partial charge in [0.2, 0.25) is 0 Å². The first-order valence-corrected chi connectivity index (χ1v) is 8.04. The number of rotatable bonds is 8. The number of aliphatic imine (C=N–C) groups is 1. The fourth-order valence-corrected chi connectivity index (χ4v) is 2.28. The maximum atomic E-state index is 12.1. The number of hydrogen-bond donors (Lipinski definition) is 2. The molecule has 1 unspecified atom stereocenters. The van der Waals surface area contributed by atoms with Crippen molar-refractivity contribution in [2.45, 2.75) is 31.7 Å². The van der Waals surface area contributed by atoms with Crippen LogP contribution in [0.1, 0.15) is 19.3 Å². The Kier molecular flexibility index (Phi) is 7.32. The van der Waals surface area contributed by atoms with E-state index in [0.717, 1.165) is 19.4 Å². The normalized spacial score (nSPS) is 18.4. The van der Waals surface area contributed by atoms with E-state index in [4.69, 9.17) is 15.2 Å². The molecule has 0 bridgehead atoms. The molecule has 1 atom stereocenters. The van der Waals surface area contributed by atoms with Gasteiger partial charge in [-0.05, 0) is 43.5 Å². The molecule has 0 saturated carbocycles. The number of anilines is 1. The second-order valence-corrected chi connectivity index (χ2v) is 5.53. The fourth-order valence-electron chi connectivity index (χ4n) is 2.28. The maximum Gasteiger partial charge on any atom is 0.573 e. The van der Waals surface area contributed by atoms with E-state index in [9.17, 15) is 13.2 Å². The van der Waals surface area contributed by atoms with Crippen LogP contribution in [0.4, 0.5) is 18.9 Å². The molecule has 1 saturated heterocycles. The third-order valence-electron chi connectivity index (χ3n) is 3.42. The molecule has 0 radical (unpaired) electrons. The van der Waals surface area contributed by atoms with Crippen molar-refractivity contribution >= 4 is 11.6 Å². The van der Waals surface area contributed by atoms with E-state index in [1.54, 1.807) is 0 Å². The Bertz CT molecular complexity index is 544. The Labute approximate surface area is 144 Å². The minimum atomic E-state index is -4.71. The monoisotopic (exact) mass is 361 g/mol. The number of alkyl halides is 3. The van der Waals surface area contributed by atoms with Gasteiger partial charge in [-0.1, -0.05) is 0 Å². The Hall–Kier alpha value is -2.00. The Balaban J connectivity index is 1.63. The molecule has 0 spiro atoms. The summed E-state index contributed by atoms with van der Waals surface area (Å²) < 4.78 is 51.0. The summed E-state index contributed by atoms with van der Waals surface area (Å²) in [6.45, 7) is 2.47. The topological polar surface area (TPSA) is 78.1 Å². The molecule has 0 aromatic heterocycles. The van der Waals surface area contributed by atoms with E-state index >= 15 is 0 Å². The largest absolute Gasteiger partial charge is 0.573 e. The van der Waals surface area contributed by atoms with Crippen LogP contribution in [0.15, 0.2) is 29.3 Å². The standard InChI is InChI=1S/C16H22F3N3O3/c17-16(18,19)25-13-6-4-12(5-7-13)22-15(20)21-8-2-9-23-11-14-3-1-10-24-14/h4-7,14H,1-3,8-11H2,(H3,20,21,22). The first kappa shape index (κ1) is 19.3. The molecule has 6 nitrogen and oxygen atoms in total. The van der Waals surface area contributed by atoms with E-state index < -0.39 is 6.36 Å². The van der Waals surface area contributed by atoms with Crippen LogP contribution in [-0.2, 0) is 9.47 Å². The molecule has 25 heavy (non-hydrogen) atoms. The lowest BCUT2D eigenvalue weighted by Crippen LogP contribution is -2.23. The molecule has 0 aliphatic carbocycles. The molecule has 140 valence electrons. The average molecular weight is 361 g/mol. The van der Waals surface area contributed by atoms with Gasteiger partial charge in [-0.15, -0.1) is 13.2 Å². The van der Waals surface area contributed by atoms with Crippen LogP contribution in [0, 0.1) is 0 Å². The Morgan fingerprint density at radius 2 is 2.08 bits per heavy atom. The van der Waals surface area contributed by atoms with Gasteiger partial charge in [0.05, 0.1) is 12.7 Å². The lowest BCUT2D eigenvalue weighted by molar-refractivity contribution is -0.274. The smallest absolute Gasteiger partial charge is 0.406 e. The van der Waals surface area contributed by atoms with E-state index in [-0.39, 0.29) is 17.8 Å². The predicted octanol–water partition coefficient (Wildman–Crippen LogP) is 2.90. The number of ether oxygens (including phenoxy) is 3. The molecule has 9 heteroatoms. The van der Waals surface area contributed by atoms with Crippen LogP contribution in [0.2, 0.25) is 0 Å². The lowest BCUT2D eigenvalue weighted by atomic mass is 10.2. The highest BCUT2D eigenvalue weighted by molar-refractivity contribution is 5.92. The number of nitrogens with zero attached hydrogens (tertiary/aromatic N) is 1. The molecule has 1 aliphatic heterocycles. The van der Waals surface area contributed by atoms with Gasteiger partial charge in [0.15, 0.2) is 5.96 Å². The van der Waals surface area contributed by atoms with Crippen LogP contribution in [-0.4, -0.2) is 44.8 Å². The van der Waals surface area contributed by atoms with Crippen molar-refractivity contribution in [1.82, 2.24) is 0 Å². The van der Waals surface area contributed by atoms with Crippen LogP contribution in [0.3, 0.4) is 0 Å². The molecule has 1 aliphatic rings. The van der Waals surface area contributed by atoms with Crippen LogP contribution in [0.25, 0.3) is 0 Å². The molecule has 1 aromatic rings. The van der Waals surface area contributed by atoms with Crippen LogP contribution < -0.4 is 15.8 Å². The van der Waals surface area contributed by atoms with Crippen LogP contribution >= 0.6 is 0 Å². The fraction of sp³-hybridized carbons (Fsp3) is 0.562. The van der Waals surface area contributed by atoms with E-state index in [1.165, 1.54) is 24.3 Å². The third kappa shape index (κ3) is 8.08. The van der Waals surface area contributed by atoms with Gasteiger partial charge in [-0.2, -0.15) is 0 Å². The van der Waals surface area contributed by atoms with Crippen molar-refractivity contribution in [2.75, 3.05) is 31.7 Å². The quantitative estimate of drug-likeness (QED) is 0.423. The second-order valence-electron chi connectivity index (χ2n) is 5.53. The van der Waals surface area contributed by atoms with Crippen molar-refractivity contribution in [3.05, 3.63) is 24.3 Å². The van der Waals surface area contributed by atoms with Crippen LogP contribution in [0.5, 0.6) is 5.75 Å². The molecule has 2 rings (SSSR count). The summed E-state index contributed by atoms with van der Waals surface area (Å²) >= 11 is 0. The first-order chi connectivity index (χ1) is 11.9. The van der Waals surface area contributed by atoms with E-state index in [2.05, 4.69) is 15.0 Å². The van der Waals surface area contributed by atoms with Crippen molar-refractivity contribution < 1.29 is 27.4 Å². The summed E-state index contributed by atoms with van der Waals surface area (Å²) in [7, 11) is 0. The van der Waals surface area contributed by atoms with Crippen molar-refractivity contribution in [3.8, 4) is 5.75 Å². The number of halogens is 3. The number of nitrogens with two attached hydrogens (primary N) is 1. The SMILES string of the molecule is NC(=NCCCOCC1CCCO1)Nc1ccc(OC(F)(F)F)cc1. The molecular weight excluding hydrogens is 339 g/mol. The third-order valence-corrected chi connectivity index (χ3v) is 3.42. The second kappa shape index (κ2) is 9.47. The molecular formula is C16H22F3N3O3. The Morgan fingerprint density at radius 1 is 1.32 bits per heavy atom. The molecule has 3 N–H and O–H groups in total. The number of nitrogens with one attached hydrogen (secondary N) is 1. The minimum Gasteiger partial charge on any atom is -0.406 e. The zero-order valence-electron chi connectivity index (χ0n) is 13.7. The van der Waals surface area contributed by atoms with Gasteiger partial charge in [-0.3, -0.25) is 4.99 Å².